The van der Waals surface area contributed by atoms with Crippen LogP contribution in [0.15, 0.2) is 60.7 Å². The molecule has 3 aromatic carbocycles. The Morgan fingerprint density at radius 1 is 0.939 bits per heavy atom. The molecule has 0 aliphatic carbocycles. The van der Waals surface area contributed by atoms with Crippen molar-refractivity contribution in [1.29, 1.82) is 0 Å². The van der Waals surface area contributed by atoms with Gasteiger partial charge in [-0.2, -0.15) is 13.2 Å². The Morgan fingerprint density at radius 2 is 1.70 bits per heavy atom. The van der Waals surface area contributed by atoms with Crippen molar-refractivity contribution in [3.05, 3.63) is 72.1 Å². The fourth-order valence-corrected chi connectivity index (χ4v) is 4.11. The summed E-state index contributed by atoms with van der Waals surface area (Å²) in [5.41, 5.74) is 0.342. The highest BCUT2D eigenvalue weighted by Gasteiger charge is 2.31. The van der Waals surface area contributed by atoms with Gasteiger partial charge in [0.25, 0.3) is 0 Å². The van der Waals surface area contributed by atoms with Gasteiger partial charge in [-0.25, -0.2) is 4.98 Å². The summed E-state index contributed by atoms with van der Waals surface area (Å²) in [5.74, 6) is 1.32. The summed E-state index contributed by atoms with van der Waals surface area (Å²) in [6, 6.07) is 17.6. The second-order valence-corrected chi connectivity index (χ2v) is 8.06. The van der Waals surface area contributed by atoms with E-state index in [4.69, 9.17) is 4.74 Å². The van der Waals surface area contributed by atoms with Crippen LogP contribution in [0.3, 0.4) is 0 Å². The quantitative estimate of drug-likeness (QED) is 0.288. The summed E-state index contributed by atoms with van der Waals surface area (Å²) < 4.78 is 47.7. The van der Waals surface area contributed by atoms with Crippen LogP contribution in [0.1, 0.15) is 31.7 Å². The van der Waals surface area contributed by atoms with Gasteiger partial charge >= 0.3 is 6.18 Å². The van der Waals surface area contributed by atoms with Crippen molar-refractivity contribution in [3.8, 4) is 5.75 Å². The number of rotatable bonds is 9. The lowest BCUT2D eigenvalue weighted by Crippen LogP contribution is -2.25. The van der Waals surface area contributed by atoms with Crippen molar-refractivity contribution in [2.45, 2.75) is 39.6 Å². The van der Waals surface area contributed by atoms with Crippen LogP contribution >= 0.6 is 0 Å². The fourth-order valence-electron chi connectivity index (χ4n) is 4.11. The van der Waals surface area contributed by atoms with E-state index in [0.29, 0.717) is 29.2 Å². The van der Waals surface area contributed by atoms with Gasteiger partial charge in [0.1, 0.15) is 18.2 Å². The van der Waals surface area contributed by atoms with Crippen LogP contribution in [-0.4, -0.2) is 34.1 Å². The molecule has 0 fully saturated rings. The molecule has 4 aromatic rings. The van der Waals surface area contributed by atoms with E-state index < -0.39 is 11.7 Å². The number of alkyl halides is 3. The summed E-state index contributed by atoms with van der Waals surface area (Å²) in [7, 11) is 0. The van der Waals surface area contributed by atoms with Gasteiger partial charge in [-0.15, -0.1) is 0 Å². The number of aromatic nitrogens is 2. The van der Waals surface area contributed by atoms with Gasteiger partial charge in [-0.1, -0.05) is 44.2 Å². The highest BCUT2D eigenvalue weighted by molar-refractivity contribution is 5.83. The maximum atomic E-state index is 13.2. The first kappa shape index (κ1) is 23.1. The molecule has 0 saturated carbocycles. The third-order valence-electron chi connectivity index (χ3n) is 5.99. The summed E-state index contributed by atoms with van der Waals surface area (Å²) >= 11 is 0. The van der Waals surface area contributed by atoms with E-state index in [9.17, 15) is 13.2 Å². The Bertz CT molecular complexity index is 1230. The number of ether oxygens (including phenoxy) is 1. The van der Waals surface area contributed by atoms with Crippen LogP contribution in [0.5, 0.6) is 5.75 Å². The lowest BCUT2D eigenvalue weighted by Gasteiger charge is -2.18. The van der Waals surface area contributed by atoms with Crippen molar-refractivity contribution >= 4 is 21.8 Å². The fraction of sp³-hybridized carbons (Fsp3) is 0.346. The van der Waals surface area contributed by atoms with Crippen molar-refractivity contribution in [2.75, 3.05) is 19.6 Å². The van der Waals surface area contributed by atoms with Crippen LogP contribution < -0.4 is 4.74 Å². The Kier molecular flexibility index (Phi) is 6.88. The number of fused-ring (bicyclic) bond motifs is 2. The van der Waals surface area contributed by atoms with Crippen LogP contribution in [0.25, 0.3) is 21.8 Å². The number of imidazole rings is 1. The summed E-state index contributed by atoms with van der Waals surface area (Å²) in [5, 5.41) is 2.19. The van der Waals surface area contributed by atoms with E-state index in [1.165, 1.54) is 6.07 Å². The molecule has 0 amide bonds. The number of aryl methyl sites for hydroxylation is 1. The molecule has 7 heteroatoms. The molecule has 33 heavy (non-hydrogen) atoms. The van der Waals surface area contributed by atoms with E-state index in [0.717, 1.165) is 49.0 Å². The van der Waals surface area contributed by atoms with Crippen molar-refractivity contribution in [3.63, 3.8) is 0 Å². The predicted octanol–water partition coefficient (Wildman–Crippen LogP) is 6.52. The Hall–Kier alpha value is -3.06. The average molecular weight is 456 g/mol. The summed E-state index contributed by atoms with van der Waals surface area (Å²) in [6.07, 6.45) is -3.53. The SMILES string of the molecule is CCN(CC)CCCn1c(COc2ccc3ccccc3c2)nc2cc(C(F)(F)F)ccc21. The summed E-state index contributed by atoms with van der Waals surface area (Å²) in [4.78, 5) is 6.85. The first-order valence-electron chi connectivity index (χ1n) is 11.3. The number of halogens is 3. The van der Waals surface area contributed by atoms with Crippen molar-refractivity contribution < 1.29 is 17.9 Å². The first-order chi connectivity index (χ1) is 15.9. The number of benzene rings is 3. The molecular formula is C26H28F3N3O. The molecule has 1 heterocycles. The van der Waals surface area contributed by atoms with Crippen LogP contribution in [0, 0.1) is 0 Å². The lowest BCUT2D eigenvalue weighted by molar-refractivity contribution is -0.137. The molecule has 0 spiro atoms. The smallest absolute Gasteiger partial charge is 0.416 e. The van der Waals surface area contributed by atoms with E-state index in [2.05, 4.69) is 23.7 Å². The zero-order chi connectivity index (χ0) is 23.4. The van der Waals surface area contributed by atoms with Crippen LogP contribution in [-0.2, 0) is 19.3 Å². The third kappa shape index (κ3) is 5.30. The molecule has 1 aromatic heterocycles. The van der Waals surface area contributed by atoms with Crippen molar-refractivity contribution in [1.82, 2.24) is 14.5 Å². The predicted molar refractivity (Wildman–Crippen MR) is 125 cm³/mol. The van der Waals surface area contributed by atoms with Gasteiger partial charge in [-0.05, 0) is 67.2 Å². The Balaban J connectivity index is 1.60. The zero-order valence-corrected chi connectivity index (χ0v) is 18.9. The highest BCUT2D eigenvalue weighted by atomic mass is 19.4. The van der Waals surface area contributed by atoms with Gasteiger partial charge in [0, 0.05) is 6.54 Å². The largest absolute Gasteiger partial charge is 0.486 e. The molecule has 0 bridgehead atoms. The minimum absolute atomic E-state index is 0.180. The average Bonchev–Trinajstić information content (AvgIpc) is 3.16. The normalized spacial score (nSPS) is 12.2. The second-order valence-electron chi connectivity index (χ2n) is 8.06. The van der Waals surface area contributed by atoms with E-state index in [1.807, 2.05) is 47.0 Å². The van der Waals surface area contributed by atoms with Gasteiger partial charge in [0.05, 0.1) is 16.6 Å². The van der Waals surface area contributed by atoms with Gasteiger partial charge < -0.3 is 14.2 Å². The number of hydrogen-bond acceptors (Lipinski definition) is 3. The molecule has 0 atom stereocenters. The minimum atomic E-state index is -4.40. The van der Waals surface area contributed by atoms with Crippen LogP contribution in [0.4, 0.5) is 13.2 Å². The molecule has 0 N–H and O–H groups in total. The molecule has 174 valence electrons. The van der Waals surface area contributed by atoms with E-state index in [-0.39, 0.29) is 6.61 Å². The Labute approximate surface area is 191 Å². The monoisotopic (exact) mass is 455 g/mol. The maximum absolute atomic E-state index is 13.2. The second kappa shape index (κ2) is 9.83. The Morgan fingerprint density at radius 3 is 2.42 bits per heavy atom. The first-order valence-corrected chi connectivity index (χ1v) is 11.3. The topological polar surface area (TPSA) is 30.3 Å². The molecule has 0 unspecified atom stereocenters. The van der Waals surface area contributed by atoms with Crippen LogP contribution in [0.2, 0.25) is 0 Å². The molecule has 4 nitrogen and oxygen atoms in total. The zero-order valence-electron chi connectivity index (χ0n) is 18.9. The standard InChI is InChI=1S/C26H28F3N3O/c1-3-31(4-2)14-7-15-32-24-13-11-21(26(27,28)29)17-23(24)30-25(32)18-33-22-12-10-19-8-5-6-9-20(19)16-22/h5-6,8-13,16-17H,3-4,7,14-15,18H2,1-2H3. The highest BCUT2D eigenvalue weighted by Crippen LogP contribution is 2.32. The molecular weight excluding hydrogens is 427 g/mol. The van der Waals surface area contributed by atoms with Gasteiger partial charge in [-0.3, -0.25) is 0 Å². The molecule has 0 aliphatic heterocycles. The third-order valence-corrected chi connectivity index (χ3v) is 5.99. The lowest BCUT2D eigenvalue weighted by atomic mass is 10.1. The maximum Gasteiger partial charge on any atom is 0.416 e. The number of hydrogen-bond donors (Lipinski definition) is 0. The minimum Gasteiger partial charge on any atom is -0.486 e. The van der Waals surface area contributed by atoms with Gasteiger partial charge in [0.2, 0.25) is 0 Å². The van der Waals surface area contributed by atoms with E-state index >= 15 is 0 Å². The van der Waals surface area contributed by atoms with Crippen molar-refractivity contribution in [2.24, 2.45) is 0 Å². The molecule has 0 aliphatic rings. The number of nitrogens with zero attached hydrogens (tertiary/aromatic N) is 3. The van der Waals surface area contributed by atoms with E-state index in [1.54, 1.807) is 0 Å². The molecule has 4 rings (SSSR count). The molecule has 0 saturated heterocycles. The molecule has 0 radical (unpaired) electrons. The van der Waals surface area contributed by atoms with Gasteiger partial charge in [0.15, 0.2) is 0 Å². The summed E-state index contributed by atoms with van der Waals surface area (Å²) in [6.45, 7) is 7.93.